The molecule has 0 spiro atoms. The highest BCUT2D eigenvalue weighted by Crippen LogP contribution is 2.23. The van der Waals surface area contributed by atoms with E-state index in [1.165, 1.54) is 7.11 Å². The Balaban J connectivity index is 2.86. The van der Waals surface area contributed by atoms with Gasteiger partial charge in [0, 0.05) is 0 Å². The van der Waals surface area contributed by atoms with Crippen LogP contribution in [0.2, 0.25) is 0 Å². The van der Waals surface area contributed by atoms with Crippen molar-refractivity contribution in [2.45, 2.75) is 0 Å². The lowest BCUT2D eigenvalue weighted by Gasteiger charge is -2.08. The third kappa shape index (κ3) is 2.58. The van der Waals surface area contributed by atoms with Gasteiger partial charge in [0.1, 0.15) is 17.4 Å². The van der Waals surface area contributed by atoms with E-state index in [-0.39, 0.29) is 5.57 Å². The van der Waals surface area contributed by atoms with Crippen molar-refractivity contribution in [1.82, 2.24) is 0 Å². The molecular weight excluding hydrogens is 192 g/mol. The van der Waals surface area contributed by atoms with Gasteiger partial charge in [-0.3, -0.25) is 4.79 Å². The lowest BCUT2D eigenvalue weighted by molar-refractivity contribution is -0.112. The van der Waals surface area contributed by atoms with Gasteiger partial charge in [-0.05, 0) is 12.1 Å². The molecule has 1 N–H and O–H groups in total. The molecule has 1 aromatic rings. The summed E-state index contributed by atoms with van der Waals surface area (Å²) in [6.07, 6.45) is 0. The number of methoxy groups -OCH3 is 1. The Hall–Kier alpha value is -2.28. The highest BCUT2D eigenvalue weighted by atomic mass is 16.5. The summed E-state index contributed by atoms with van der Waals surface area (Å²) in [6.45, 7) is 3.31. The van der Waals surface area contributed by atoms with E-state index in [0.717, 1.165) is 0 Å². The van der Waals surface area contributed by atoms with E-state index in [0.29, 0.717) is 11.4 Å². The first kappa shape index (κ1) is 10.8. The summed E-state index contributed by atoms with van der Waals surface area (Å²) in [5.74, 6) is 0.0126. The Morgan fingerprint density at radius 2 is 2.20 bits per heavy atom. The maximum atomic E-state index is 11.3. The van der Waals surface area contributed by atoms with Crippen molar-refractivity contribution in [3.63, 3.8) is 0 Å². The lowest BCUT2D eigenvalue weighted by atomic mass is 10.2. The summed E-state index contributed by atoms with van der Waals surface area (Å²) in [5.41, 5.74) is 0.377. The zero-order chi connectivity index (χ0) is 11.3. The van der Waals surface area contributed by atoms with Gasteiger partial charge < -0.3 is 10.1 Å². The first-order valence-electron chi connectivity index (χ1n) is 4.22. The van der Waals surface area contributed by atoms with Gasteiger partial charge in [0.15, 0.2) is 0 Å². The van der Waals surface area contributed by atoms with Gasteiger partial charge in [-0.1, -0.05) is 18.7 Å². The Labute approximate surface area is 87.8 Å². The monoisotopic (exact) mass is 202 g/mol. The topological polar surface area (TPSA) is 62.1 Å². The summed E-state index contributed by atoms with van der Waals surface area (Å²) in [4.78, 5) is 11.3. The molecular formula is C11H10N2O2. The van der Waals surface area contributed by atoms with E-state index in [4.69, 9.17) is 10.00 Å². The average molecular weight is 202 g/mol. The molecule has 0 fully saturated rings. The van der Waals surface area contributed by atoms with Crippen molar-refractivity contribution in [3.8, 4) is 11.8 Å². The maximum absolute atomic E-state index is 11.3. The molecule has 1 amide bonds. The number of rotatable bonds is 3. The minimum Gasteiger partial charge on any atom is -0.495 e. The van der Waals surface area contributed by atoms with Crippen LogP contribution in [0.5, 0.6) is 5.75 Å². The summed E-state index contributed by atoms with van der Waals surface area (Å²) in [7, 11) is 1.50. The third-order valence-electron chi connectivity index (χ3n) is 1.76. The van der Waals surface area contributed by atoms with Crippen LogP contribution in [-0.2, 0) is 4.79 Å². The van der Waals surface area contributed by atoms with E-state index in [1.54, 1.807) is 30.3 Å². The van der Waals surface area contributed by atoms with Crippen LogP contribution in [0.1, 0.15) is 0 Å². The fourth-order valence-corrected chi connectivity index (χ4v) is 0.996. The van der Waals surface area contributed by atoms with E-state index < -0.39 is 5.91 Å². The molecule has 0 aliphatic carbocycles. The van der Waals surface area contributed by atoms with Crippen molar-refractivity contribution in [1.29, 1.82) is 5.26 Å². The summed E-state index contributed by atoms with van der Waals surface area (Å²) in [5, 5.41) is 11.0. The first-order chi connectivity index (χ1) is 7.19. The minimum atomic E-state index is -0.526. The van der Waals surface area contributed by atoms with Crippen molar-refractivity contribution < 1.29 is 9.53 Å². The molecule has 0 atom stereocenters. The molecule has 0 unspecified atom stereocenters. The quantitative estimate of drug-likeness (QED) is 0.599. The second kappa shape index (κ2) is 4.82. The number of hydrogen-bond donors (Lipinski definition) is 1. The molecule has 0 saturated carbocycles. The molecule has 0 aliphatic rings. The number of anilines is 1. The number of benzene rings is 1. The predicted octanol–water partition coefficient (Wildman–Crippen LogP) is 1.71. The van der Waals surface area contributed by atoms with Crippen LogP contribution in [0.25, 0.3) is 0 Å². The molecule has 4 heteroatoms. The van der Waals surface area contributed by atoms with Crippen molar-refractivity contribution in [3.05, 3.63) is 36.4 Å². The Morgan fingerprint density at radius 3 is 2.80 bits per heavy atom. The lowest BCUT2D eigenvalue weighted by Crippen LogP contribution is -2.13. The van der Waals surface area contributed by atoms with E-state index in [1.807, 2.05) is 0 Å². The SMILES string of the molecule is C=C(C#N)C(=O)Nc1ccccc1OC. The summed E-state index contributed by atoms with van der Waals surface area (Å²) in [6, 6.07) is 8.61. The fourth-order valence-electron chi connectivity index (χ4n) is 0.996. The standard InChI is InChI=1S/C11H10N2O2/c1-8(7-12)11(14)13-9-5-3-4-6-10(9)15-2/h3-6H,1H2,2H3,(H,13,14). The largest absolute Gasteiger partial charge is 0.495 e. The second-order valence-electron chi connectivity index (χ2n) is 2.74. The summed E-state index contributed by atoms with van der Waals surface area (Å²) >= 11 is 0. The van der Waals surface area contributed by atoms with Crippen LogP contribution >= 0.6 is 0 Å². The zero-order valence-corrected chi connectivity index (χ0v) is 8.28. The molecule has 0 radical (unpaired) electrons. The molecule has 0 aliphatic heterocycles. The number of carbonyl (C=O) groups excluding carboxylic acids is 1. The van der Waals surface area contributed by atoms with Crippen LogP contribution < -0.4 is 10.1 Å². The Bertz CT molecular complexity index is 432. The highest BCUT2D eigenvalue weighted by molar-refractivity contribution is 6.06. The van der Waals surface area contributed by atoms with Crippen LogP contribution in [0.15, 0.2) is 36.4 Å². The van der Waals surface area contributed by atoms with Gasteiger partial charge in [0.05, 0.1) is 12.8 Å². The molecule has 0 heterocycles. The summed E-state index contributed by atoms with van der Waals surface area (Å²) < 4.78 is 5.03. The molecule has 76 valence electrons. The van der Waals surface area contributed by atoms with Crippen LogP contribution in [0.3, 0.4) is 0 Å². The van der Waals surface area contributed by atoms with Gasteiger partial charge in [0.25, 0.3) is 5.91 Å². The molecule has 1 aromatic carbocycles. The number of ether oxygens (including phenoxy) is 1. The first-order valence-corrected chi connectivity index (χ1v) is 4.22. The number of carbonyl (C=O) groups is 1. The molecule has 0 bridgehead atoms. The molecule has 15 heavy (non-hydrogen) atoms. The minimum absolute atomic E-state index is 0.138. The van der Waals surface area contributed by atoms with Crippen LogP contribution in [0, 0.1) is 11.3 Å². The van der Waals surface area contributed by atoms with Crippen molar-refractivity contribution in [2.24, 2.45) is 0 Å². The van der Waals surface area contributed by atoms with Gasteiger partial charge in [-0.15, -0.1) is 0 Å². The van der Waals surface area contributed by atoms with Crippen molar-refractivity contribution >= 4 is 11.6 Å². The number of nitriles is 1. The van der Waals surface area contributed by atoms with Crippen LogP contribution in [-0.4, -0.2) is 13.0 Å². The molecule has 0 saturated heterocycles. The molecule has 1 rings (SSSR count). The van der Waals surface area contributed by atoms with Crippen LogP contribution in [0.4, 0.5) is 5.69 Å². The Kier molecular flexibility index (Phi) is 3.47. The second-order valence-corrected chi connectivity index (χ2v) is 2.74. The van der Waals surface area contributed by atoms with Gasteiger partial charge in [-0.25, -0.2) is 0 Å². The number of nitrogens with zero attached hydrogens (tertiary/aromatic N) is 1. The van der Waals surface area contributed by atoms with Gasteiger partial charge >= 0.3 is 0 Å². The van der Waals surface area contributed by atoms with E-state index in [2.05, 4.69) is 11.9 Å². The van der Waals surface area contributed by atoms with Crippen molar-refractivity contribution in [2.75, 3.05) is 12.4 Å². The molecule has 0 aromatic heterocycles. The number of para-hydroxylation sites is 2. The number of nitrogens with one attached hydrogen (secondary N) is 1. The van der Waals surface area contributed by atoms with Gasteiger partial charge in [-0.2, -0.15) is 5.26 Å². The van der Waals surface area contributed by atoms with E-state index in [9.17, 15) is 4.79 Å². The zero-order valence-electron chi connectivity index (χ0n) is 8.28. The third-order valence-corrected chi connectivity index (χ3v) is 1.76. The maximum Gasteiger partial charge on any atom is 0.265 e. The average Bonchev–Trinajstić information content (AvgIpc) is 2.28. The normalized spacial score (nSPS) is 8.80. The Morgan fingerprint density at radius 1 is 1.53 bits per heavy atom. The van der Waals surface area contributed by atoms with Gasteiger partial charge in [0.2, 0.25) is 0 Å². The van der Waals surface area contributed by atoms with E-state index >= 15 is 0 Å². The fraction of sp³-hybridized carbons (Fsp3) is 0.0909. The number of hydrogen-bond acceptors (Lipinski definition) is 3. The number of amides is 1. The smallest absolute Gasteiger partial charge is 0.265 e. The predicted molar refractivity (Wildman–Crippen MR) is 56.4 cm³/mol. The molecule has 4 nitrogen and oxygen atoms in total. The highest BCUT2D eigenvalue weighted by Gasteiger charge is 2.08.